The summed E-state index contributed by atoms with van der Waals surface area (Å²) in [6.45, 7) is 2.95. The molecule has 0 radical (unpaired) electrons. The molecule has 1 amide bonds. The Morgan fingerprint density at radius 1 is 1.36 bits per heavy atom. The highest BCUT2D eigenvalue weighted by Gasteiger charge is 2.07. The lowest BCUT2D eigenvalue weighted by atomic mass is 10.5. The van der Waals surface area contributed by atoms with Crippen LogP contribution in [0.2, 0.25) is 0 Å². The van der Waals surface area contributed by atoms with Crippen molar-refractivity contribution in [1.29, 1.82) is 0 Å². The smallest absolute Gasteiger partial charge is 0.233 e. The Morgan fingerprint density at radius 3 is 2.50 bits per heavy atom. The van der Waals surface area contributed by atoms with Crippen molar-refractivity contribution in [2.45, 2.75) is 6.92 Å². The Bertz CT molecular complexity index is 263. The van der Waals surface area contributed by atoms with Gasteiger partial charge in [-0.05, 0) is 13.6 Å². The molecule has 0 aromatic heterocycles. The maximum atomic E-state index is 11.0. The van der Waals surface area contributed by atoms with E-state index < -0.39 is 10.0 Å². The summed E-state index contributed by atoms with van der Waals surface area (Å²) >= 11 is 0. The van der Waals surface area contributed by atoms with E-state index in [2.05, 4.69) is 15.4 Å². The number of hydrogen-bond acceptors (Lipinski definition) is 4. The predicted octanol–water partition coefficient (Wildman–Crippen LogP) is -1.74. The van der Waals surface area contributed by atoms with E-state index in [1.54, 1.807) is 0 Å². The quantitative estimate of drug-likeness (QED) is 0.478. The van der Waals surface area contributed by atoms with Crippen molar-refractivity contribution in [1.82, 2.24) is 15.4 Å². The first-order valence-corrected chi connectivity index (χ1v) is 6.05. The average molecular weight is 223 g/mol. The summed E-state index contributed by atoms with van der Waals surface area (Å²) in [5.41, 5.74) is 0. The van der Waals surface area contributed by atoms with E-state index in [9.17, 15) is 13.2 Å². The first-order valence-electron chi connectivity index (χ1n) is 4.40. The lowest BCUT2D eigenvalue weighted by Gasteiger charge is -2.05. The first kappa shape index (κ1) is 13.3. The van der Waals surface area contributed by atoms with Gasteiger partial charge in [0.25, 0.3) is 0 Å². The molecule has 0 spiro atoms. The van der Waals surface area contributed by atoms with Crippen molar-refractivity contribution in [3.05, 3.63) is 0 Å². The van der Waals surface area contributed by atoms with Gasteiger partial charge in [-0.25, -0.2) is 13.1 Å². The Kier molecular flexibility index (Phi) is 6.43. The molecule has 0 aliphatic heterocycles. The molecule has 0 heterocycles. The topological polar surface area (TPSA) is 87.3 Å². The Balaban J connectivity index is 3.59. The van der Waals surface area contributed by atoms with Gasteiger partial charge in [-0.1, -0.05) is 6.92 Å². The molecule has 0 aromatic carbocycles. The van der Waals surface area contributed by atoms with Crippen LogP contribution in [0, 0.1) is 0 Å². The monoisotopic (exact) mass is 223 g/mol. The van der Waals surface area contributed by atoms with Crippen molar-refractivity contribution in [3.63, 3.8) is 0 Å². The summed E-state index contributed by atoms with van der Waals surface area (Å²) in [6.07, 6.45) is 0. The second-order valence-electron chi connectivity index (χ2n) is 2.65. The Labute approximate surface area is 84.5 Å². The van der Waals surface area contributed by atoms with E-state index in [1.165, 1.54) is 7.05 Å². The largest absolute Gasteiger partial charge is 0.354 e. The molecule has 0 aliphatic rings. The van der Waals surface area contributed by atoms with Crippen LogP contribution in [-0.2, 0) is 14.8 Å². The third-order valence-electron chi connectivity index (χ3n) is 1.54. The summed E-state index contributed by atoms with van der Waals surface area (Å²) in [5, 5.41) is 5.32. The molecule has 3 N–H and O–H groups in total. The molecule has 84 valence electrons. The van der Waals surface area contributed by atoms with Gasteiger partial charge in [-0.15, -0.1) is 0 Å². The van der Waals surface area contributed by atoms with Crippen LogP contribution in [0.3, 0.4) is 0 Å². The maximum Gasteiger partial charge on any atom is 0.233 e. The lowest BCUT2D eigenvalue weighted by molar-refractivity contribution is -0.120. The molecule has 0 aromatic rings. The second kappa shape index (κ2) is 6.74. The standard InChI is InChI=1S/C7H17N3O3S/c1-3-9-6-7(11)10-4-5-14(12,13)8-2/h8-9H,3-6H2,1-2H3,(H,10,11). The fraction of sp³-hybridized carbons (Fsp3) is 0.857. The summed E-state index contributed by atoms with van der Waals surface area (Å²) in [7, 11) is -1.88. The highest BCUT2D eigenvalue weighted by molar-refractivity contribution is 7.89. The van der Waals surface area contributed by atoms with Crippen LogP contribution in [0.4, 0.5) is 0 Å². The van der Waals surface area contributed by atoms with E-state index in [1.807, 2.05) is 6.92 Å². The van der Waals surface area contributed by atoms with Crippen LogP contribution in [0.1, 0.15) is 6.92 Å². The number of carbonyl (C=O) groups excluding carboxylic acids is 1. The van der Waals surface area contributed by atoms with Crippen LogP contribution < -0.4 is 15.4 Å². The van der Waals surface area contributed by atoms with Crippen LogP contribution in [0.15, 0.2) is 0 Å². The number of likely N-dealkylation sites (N-methyl/N-ethyl adjacent to an activating group) is 1. The van der Waals surface area contributed by atoms with Crippen molar-refractivity contribution in [2.75, 3.05) is 32.4 Å². The van der Waals surface area contributed by atoms with Gasteiger partial charge in [0.15, 0.2) is 0 Å². The zero-order valence-corrected chi connectivity index (χ0v) is 9.28. The molecule has 0 bridgehead atoms. The minimum atomic E-state index is -3.22. The third kappa shape index (κ3) is 6.81. The van der Waals surface area contributed by atoms with Gasteiger partial charge in [-0.3, -0.25) is 4.79 Å². The van der Waals surface area contributed by atoms with Gasteiger partial charge in [-0.2, -0.15) is 0 Å². The lowest BCUT2D eigenvalue weighted by Crippen LogP contribution is -2.37. The molecule has 0 saturated heterocycles. The van der Waals surface area contributed by atoms with E-state index in [0.717, 1.165) is 0 Å². The number of sulfonamides is 1. The highest BCUT2D eigenvalue weighted by atomic mass is 32.2. The van der Waals surface area contributed by atoms with E-state index in [-0.39, 0.29) is 24.7 Å². The van der Waals surface area contributed by atoms with Gasteiger partial charge in [0.1, 0.15) is 0 Å². The van der Waals surface area contributed by atoms with Crippen molar-refractivity contribution in [2.24, 2.45) is 0 Å². The summed E-state index contributed by atoms with van der Waals surface area (Å²) in [5.74, 6) is -0.292. The fourth-order valence-corrected chi connectivity index (χ4v) is 1.30. The second-order valence-corrected chi connectivity index (χ2v) is 4.70. The SMILES string of the molecule is CCNCC(=O)NCCS(=O)(=O)NC. The maximum absolute atomic E-state index is 11.0. The van der Waals surface area contributed by atoms with Crippen molar-refractivity contribution in [3.8, 4) is 0 Å². The number of amides is 1. The minimum Gasteiger partial charge on any atom is -0.354 e. The average Bonchev–Trinajstić information content (AvgIpc) is 2.14. The van der Waals surface area contributed by atoms with E-state index in [4.69, 9.17) is 0 Å². The van der Waals surface area contributed by atoms with Crippen LogP contribution in [0.5, 0.6) is 0 Å². The number of carbonyl (C=O) groups is 1. The van der Waals surface area contributed by atoms with Crippen LogP contribution in [0.25, 0.3) is 0 Å². The summed E-state index contributed by atoms with van der Waals surface area (Å²) in [4.78, 5) is 11.0. The van der Waals surface area contributed by atoms with Crippen LogP contribution >= 0.6 is 0 Å². The molecular weight excluding hydrogens is 206 g/mol. The van der Waals surface area contributed by atoms with Gasteiger partial charge in [0, 0.05) is 6.54 Å². The molecule has 0 aliphatic carbocycles. The molecule has 0 rings (SSSR count). The van der Waals surface area contributed by atoms with E-state index >= 15 is 0 Å². The molecule has 14 heavy (non-hydrogen) atoms. The molecule has 0 atom stereocenters. The zero-order chi connectivity index (χ0) is 11.0. The minimum absolute atomic E-state index is 0.0959. The molecule has 7 heteroatoms. The van der Waals surface area contributed by atoms with Crippen molar-refractivity contribution >= 4 is 15.9 Å². The summed E-state index contributed by atoms with van der Waals surface area (Å²) in [6, 6.07) is 0. The first-order chi connectivity index (χ1) is 6.52. The van der Waals surface area contributed by atoms with Crippen LogP contribution in [-0.4, -0.2) is 46.8 Å². The Hall–Kier alpha value is -0.660. The molecular formula is C7H17N3O3S. The molecule has 0 fully saturated rings. The van der Waals surface area contributed by atoms with Crippen molar-refractivity contribution < 1.29 is 13.2 Å². The molecule has 0 saturated carbocycles. The third-order valence-corrected chi connectivity index (χ3v) is 2.90. The van der Waals surface area contributed by atoms with E-state index in [0.29, 0.717) is 6.54 Å². The Morgan fingerprint density at radius 2 is 2.00 bits per heavy atom. The normalized spacial score (nSPS) is 11.3. The number of nitrogens with one attached hydrogen (secondary N) is 3. The predicted molar refractivity (Wildman–Crippen MR) is 54.4 cm³/mol. The van der Waals surface area contributed by atoms with Gasteiger partial charge >= 0.3 is 0 Å². The molecule has 0 unspecified atom stereocenters. The zero-order valence-electron chi connectivity index (χ0n) is 8.46. The number of hydrogen-bond donors (Lipinski definition) is 3. The summed E-state index contributed by atoms with van der Waals surface area (Å²) < 4.78 is 24.0. The molecule has 6 nitrogen and oxygen atoms in total. The fourth-order valence-electron chi connectivity index (χ4n) is 0.728. The highest BCUT2D eigenvalue weighted by Crippen LogP contribution is 1.79. The van der Waals surface area contributed by atoms with Gasteiger partial charge < -0.3 is 10.6 Å². The van der Waals surface area contributed by atoms with Gasteiger partial charge in [0.2, 0.25) is 15.9 Å². The number of rotatable bonds is 7. The van der Waals surface area contributed by atoms with Gasteiger partial charge in [0.05, 0.1) is 12.3 Å².